The Balaban J connectivity index is 0.000000311. The molecule has 1 aliphatic rings. The van der Waals surface area contributed by atoms with Gasteiger partial charge in [0.25, 0.3) is 0 Å². The SMILES string of the molecule is C#CC#CC#CC#CC#CC#CC#CC#CC#CC.CC(=O)CCCC(=O)N1Cc2ccccc2C#Cc2ccccc21. The first kappa shape index (κ1) is 32.4. The highest BCUT2D eigenvalue weighted by molar-refractivity contribution is 5.95. The lowest BCUT2D eigenvalue weighted by atomic mass is 10.0. The summed E-state index contributed by atoms with van der Waals surface area (Å²) in [5.41, 5.74) is 3.69. The fraction of sp³-hybridized carbons (Fsp3) is 0.150. The van der Waals surface area contributed by atoms with Crippen LogP contribution in [0.4, 0.5) is 5.69 Å². The molecule has 1 amide bonds. The summed E-state index contributed by atoms with van der Waals surface area (Å²) in [6, 6.07) is 15.6. The molecule has 3 nitrogen and oxygen atoms in total. The van der Waals surface area contributed by atoms with Gasteiger partial charge in [-0.15, -0.1) is 6.42 Å². The summed E-state index contributed by atoms with van der Waals surface area (Å²) >= 11 is 0. The highest BCUT2D eigenvalue weighted by atomic mass is 16.2. The van der Waals surface area contributed by atoms with E-state index >= 15 is 0 Å². The zero-order valence-electron chi connectivity index (χ0n) is 23.8. The molecule has 0 radical (unpaired) electrons. The highest BCUT2D eigenvalue weighted by Gasteiger charge is 2.20. The second-order valence-electron chi connectivity index (χ2n) is 8.23. The van der Waals surface area contributed by atoms with Crippen molar-refractivity contribution in [1.82, 2.24) is 0 Å². The Bertz CT molecular complexity index is 2000. The number of para-hydroxylation sites is 1. The molecule has 1 aliphatic heterocycles. The number of carbonyl (C=O) groups is 2. The third-order valence-electron chi connectivity index (χ3n) is 5.17. The third-order valence-corrected chi connectivity index (χ3v) is 5.17. The van der Waals surface area contributed by atoms with Crippen molar-refractivity contribution in [2.24, 2.45) is 0 Å². The fourth-order valence-corrected chi connectivity index (χ4v) is 3.34. The zero-order chi connectivity index (χ0) is 31.0. The topological polar surface area (TPSA) is 37.4 Å². The molecule has 2 aromatic rings. The molecule has 3 rings (SSSR count). The normalized spacial score (nSPS) is 8.44. The number of amides is 1. The van der Waals surface area contributed by atoms with E-state index in [4.69, 9.17) is 6.42 Å². The van der Waals surface area contributed by atoms with Crippen LogP contribution in [0, 0.1) is 119 Å². The minimum Gasteiger partial charge on any atom is -0.307 e. The van der Waals surface area contributed by atoms with Gasteiger partial charge >= 0.3 is 0 Å². The Morgan fingerprint density at radius 1 is 0.698 bits per heavy atom. The number of anilines is 1. The summed E-state index contributed by atoms with van der Waals surface area (Å²) in [6.07, 6.45) is 6.28. The van der Waals surface area contributed by atoms with Crippen molar-refractivity contribution in [1.29, 1.82) is 0 Å². The smallest absolute Gasteiger partial charge is 0.227 e. The van der Waals surface area contributed by atoms with Crippen LogP contribution in [-0.4, -0.2) is 11.7 Å². The minimum atomic E-state index is 0.0298. The van der Waals surface area contributed by atoms with Gasteiger partial charge in [-0.25, -0.2) is 0 Å². The first-order valence-electron chi connectivity index (χ1n) is 12.9. The molecule has 0 saturated carbocycles. The summed E-state index contributed by atoms with van der Waals surface area (Å²) < 4.78 is 0. The largest absolute Gasteiger partial charge is 0.307 e. The van der Waals surface area contributed by atoms with Crippen molar-refractivity contribution < 1.29 is 9.59 Å². The van der Waals surface area contributed by atoms with Crippen LogP contribution < -0.4 is 4.90 Å². The molecular formula is C40H23NO2. The van der Waals surface area contributed by atoms with Gasteiger partial charge in [-0.1, -0.05) is 48.1 Å². The van der Waals surface area contributed by atoms with E-state index in [0.29, 0.717) is 25.8 Å². The molecule has 0 aliphatic carbocycles. The molecule has 0 unspecified atom stereocenters. The monoisotopic (exact) mass is 549 g/mol. The summed E-state index contributed by atoms with van der Waals surface area (Å²) in [5.74, 6) is 48.4. The Hall–Kier alpha value is -6.82. The Kier molecular flexibility index (Phi) is 15.2. The van der Waals surface area contributed by atoms with Crippen molar-refractivity contribution in [2.45, 2.75) is 39.7 Å². The standard InChI is InChI=1S/C21H19NO2.C19H4/c1-16(23)7-6-12-21(24)22-15-19-10-3-2-8-17(19)13-14-18-9-4-5-11-20(18)22;1-3-5-7-9-11-13-15-17-19-18-16-14-12-10-8-6-4-2/h2-5,8-11H,6-7,12,15H2,1H3;1H,2H3. The van der Waals surface area contributed by atoms with Gasteiger partial charge in [-0.05, 0) is 139 Å². The lowest BCUT2D eigenvalue weighted by Crippen LogP contribution is -2.31. The number of hydrogen-bond donors (Lipinski definition) is 0. The van der Waals surface area contributed by atoms with E-state index < -0.39 is 0 Å². The van der Waals surface area contributed by atoms with Crippen molar-refractivity contribution in [3.8, 4) is 119 Å². The van der Waals surface area contributed by atoms with Crippen LogP contribution in [0.5, 0.6) is 0 Å². The van der Waals surface area contributed by atoms with E-state index in [1.165, 1.54) is 0 Å². The van der Waals surface area contributed by atoms with Gasteiger partial charge in [0.05, 0.1) is 12.2 Å². The van der Waals surface area contributed by atoms with E-state index in [1.807, 2.05) is 48.5 Å². The van der Waals surface area contributed by atoms with Gasteiger partial charge in [0.15, 0.2) is 0 Å². The number of ketones is 1. The fourth-order valence-electron chi connectivity index (χ4n) is 3.34. The lowest BCUT2D eigenvalue weighted by Gasteiger charge is -2.26. The molecule has 200 valence electrons. The number of hydrogen-bond acceptors (Lipinski definition) is 2. The number of terminal acetylenes is 1. The van der Waals surface area contributed by atoms with Gasteiger partial charge in [-0.3, -0.25) is 4.79 Å². The molecule has 0 atom stereocenters. The minimum absolute atomic E-state index is 0.0298. The summed E-state index contributed by atoms with van der Waals surface area (Å²) in [7, 11) is 0. The third kappa shape index (κ3) is 13.2. The van der Waals surface area contributed by atoms with Gasteiger partial charge in [-0.2, -0.15) is 0 Å². The Morgan fingerprint density at radius 3 is 1.74 bits per heavy atom. The molecule has 43 heavy (non-hydrogen) atoms. The van der Waals surface area contributed by atoms with E-state index in [0.717, 1.165) is 22.4 Å². The summed E-state index contributed by atoms with van der Waals surface area (Å²) in [4.78, 5) is 25.7. The number of rotatable bonds is 4. The second kappa shape index (κ2) is 20.1. The molecule has 0 fully saturated rings. The highest BCUT2D eigenvalue weighted by Crippen LogP contribution is 2.26. The van der Waals surface area contributed by atoms with Crippen LogP contribution in [0.15, 0.2) is 48.5 Å². The predicted molar refractivity (Wildman–Crippen MR) is 171 cm³/mol. The molecule has 0 N–H and O–H groups in total. The van der Waals surface area contributed by atoms with Crippen LogP contribution in [-0.2, 0) is 16.1 Å². The van der Waals surface area contributed by atoms with Gasteiger partial charge < -0.3 is 9.69 Å². The molecule has 0 bridgehead atoms. The van der Waals surface area contributed by atoms with Crippen LogP contribution >= 0.6 is 0 Å². The predicted octanol–water partition coefficient (Wildman–Crippen LogP) is 4.36. The maximum atomic E-state index is 12.8. The molecular weight excluding hydrogens is 526 g/mol. The maximum Gasteiger partial charge on any atom is 0.227 e. The Labute approximate surface area is 255 Å². The summed E-state index contributed by atoms with van der Waals surface area (Å²) in [5, 5.41) is 0. The molecule has 1 heterocycles. The van der Waals surface area contributed by atoms with Crippen LogP contribution in [0.2, 0.25) is 0 Å². The average Bonchev–Trinajstić information content (AvgIpc) is 3.00. The number of fused-ring (bicyclic) bond motifs is 2. The number of nitrogens with zero attached hydrogens (tertiary/aromatic N) is 1. The lowest BCUT2D eigenvalue weighted by molar-refractivity contribution is -0.119. The van der Waals surface area contributed by atoms with Crippen LogP contribution in [0.1, 0.15) is 49.8 Å². The first-order chi connectivity index (χ1) is 21.1. The van der Waals surface area contributed by atoms with E-state index in [1.54, 1.807) is 18.7 Å². The van der Waals surface area contributed by atoms with Crippen molar-refractivity contribution in [2.75, 3.05) is 4.90 Å². The molecule has 3 heteroatoms. The van der Waals surface area contributed by atoms with Crippen LogP contribution in [0.3, 0.4) is 0 Å². The number of benzene rings is 2. The first-order valence-corrected chi connectivity index (χ1v) is 12.9. The second-order valence-corrected chi connectivity index (χ2v) is 8.23. The van der Waals surface area contributed by atoms with E-state index in [9.17, 15) is 9.59 Å². The molecule has 0 spiro atoms. The van der Waals surface area contributed by atoms with Gasteiger partial charge in [0.2, 0.25) is 5.91 Å². The van der Waals surface area contributed by atoms with E-state index in [-0.39, 0.29) is 11.7 Å². The van der Waals surface area contributed by atoms with Crippen molar-refractivity contribution >= 4 is 17.4 Å². The zero-order valence-corrected chi connectivity index (χ0v) is 23.8. The number of Topliss-reactive ketones (excluding diaryl/α,β-unsaturated/α-hetero) is 1. The van der Waals surface area contributed by atoms with Crippen molar-refractivity contribution in [3.05, 3.63) is 65.2 Å². The van der Waals surface area contributed by atoms with Crippen molar-refractivity contribution in [3.63, 3.8) is 0 Å². The average molecular weight is 550 g/mol. The summed E-state index contributed by atoms with van der Waals surface area (Å²) in [6.45, 7) is 3.76. The van der Waals surface area contributed by atoms with Gasteiger partial charge in [0.1, 0.15) is 5.78 Å². The quantitative estimate of drug-likeness (QED) is 0.532. The molecule has 0 aromatic heterocycles. The van der Waals surface area contributed by atoms with E-state index in [2.05, 4.69) is 112 Å². The molecule has 2 aromatic carbocycles. The number of carbonyl (C=O) groups excluding carboxylic acids is 2. The Morgan fingerprint density at radius 2 is 1.19 bits per heavy atom. The van der Waals surface area contributed by atoms with Crippen LogP contribution in [0.25, 0.3) is 0 Å². The van der Waals surface area contributed by atoms with Gasteiger partial charge in [0, 0.05) is 24.0 Å². The maximum absolute atomic E-state index is 12.8. The molecule has 0 saturated heterocycles.